The quantitative estimate of drug-likeness (QED) is 0.169. The van der Waals surface area contributed by atoms with E-state index in [2.05, 4.69) is 209 Å². The number of benzene rings is 7. The molecule has 0 saturated heterocycles. The van der Waals surface area contributed by atoms with Crippen molar-refractivity contribution < 1.29 is 0 Å². The molecule has 0 saturated carbocycles. The third kappa shape index (κ3) is 6.71. The van der Waals surface area contributed by atoms with Gasteiger partial charge in [0.2, 0.25) is 0 Å². The van der Waals surface area contributed by atoms with Crippen LogP contribution in [0.25, 0.3) is 44.5 Å². The Kier molecular flexibility index (Phi) is 8.76. The summed E-state index contributed by atoms with van der Waals surface area (Å²) in [5.74, 6) is 0. The maximum Gasteiger partial charge on any atom is 0.0462 e. The largest absolute Gasteiger partial charge is 0.311 e. The van der Waals surface area contributed by atoms with Gasteiger partial charge in [0.05, 0.1) is 0 Å². The van der Waals surface area contributed by atoms with Gasteiger partial charge in [-0.3, -0.25) is 0 Å². The van der Waals surface area contributed by atoms with Crippen LogP contribution in [0.3, 0.4) is 0 Å². The van der Waals surface area contributed by atoms with Gasteiger partial charge in [-0.05, 0) is 123 Å². The van der Waals surface area contributed by atoms with Crippen molar-refractivity contribution in [1.82, 2.24) is 0 Å². The lowest BCUT2D eigenvalue weighted by Crippen LogP contribution is -2.12. The average molecular weight is 634 g/mol. The molecule has 0 aliphatic heterocycles. The van der Waals surface area contributed by atoms with Crippen LogP contribution in [0.2, 0.25) is 0 Å². The molecular formula is C48H43N. The van der Waals surface area contributed by atoms with E-state index in [0.29, 0.717) is 0 Å². The Bertz CT molecular complexity index is 2180. The molecule has 0 radical (unpaired) electrons. The standard InChI is InChI=1S/C48H43N/c1-34-13-9-10-16-44(34)46-33-40(20-19-35(46)2)38-23-29-42(30-24-38)49(41-27-21-37(22-28-41)36-14-7-6-8-15-36)43-31-25-39(26-32-43)45-17-11-12-18-47(45)48(3,4)5/h6-33H,1-5H3. The molecule has 0 amide bonds. The number of nitrogens with zero attached hydrogens (tertiary/aromatic N) is 1. The number of hydrogen-bond donors (Lipinski definition) is 0. The van der Waals surface area contributed by atoms with Crippen molar-refractivity contribution in [3.05, 3.63) is 187 Å². The summed E-state index contributed by atoms with van der Waals surface area (Å²) in [4.78, 5) is 2.35. The summed E-state index contributed by atoms with van der Waals surface area (Å²) in [6.07, 6.45) is 0. The molecule has 1 heteroatoms. The van der Waals surface area contributed by atoms with Crippen molar-refractivity contribution in [3.8, 4) is 44.5 Å². The molecule has 7 aromatic rings. The van der Waals surface area contributed by atoms with Crippen molar-refractivity contribution in [2.45, 2.75) is 40.0 Å². The predicted molar refractivity (Wildman–Crippen MR) is 211 cm³/mol. The Balaban J connectivity index is 1.27. The molecule has 0 N–H and O–H groups in total. The Labute approximate surface area is 292 Å². The van der Waals surface area contributed by atoms with E-state index in [9.17, 15) is 0 Å². The molecule has 0 aliphatic carbocycles. The minimum atomic E-state index is 0.0572. The zero-order chi connectivity index (χ0) is 34.0. The topological polar surface area (TPSA) is 3.24 Å². The molecule has 49 heavy (non-hydrogen) atoms. The Morgan fingerprint density at radius 2 is 0.776 bits per heavy atom. The molecule has 0 atom stereocenters. The molecule has 7 aromatic carbocycles. The van der Waals surface area contributed by atoms with Crippen LogP contribution >= 0.6 is 0 Å². The van der Waals surface area contributed by atoms with Gasteiger partial charge in [-0.25, -0.2) is 0 Å². The minimum absolute atomic E-state index is 0.0572. The van der Waals surface area contributed by atoms with Crippen LogP contribution in [0.1, 0.15) is 37.5 Å². The molecular weight excluding hydrogens is 591 g/mol. The number of hydrogen-bond acceptors (Lipinski definition) is 1. The SMILES string of the molecule is Cc1ccccc1-c1cc(-c2ccc(N(c3ccc(-c4ccccc4)cc3)c3ccc(-c4ccccc4C(C)(C)C)cc3)cc2)ccc1C. The number of aryl methyl sites for hydroxylation is 2. The van der Waals surface area contributed by atoms with Crippen LogP contribution in [-0.2, 0) is 5.41 Å². The maximum atomic E-state index is 2.35. The maximum absolute atomic E-state index is 2.35. The first-order chi connectivity index (χ1) is 23.8. The first kappa shape index (κ1) is 31.9. The second-order valence-electron chi connectivity index (χ2n) is 14.0. The van der Waals surface area contributed by atoms with Gasteiger partial charge in [0.25, 0.3) is 0 Å². The van der Waals surface area contributed by atoms with Crippen LogP contribution in [-0.4, -0.2) is 0 Å². The van der Waals surface area contributed by atoms with Gasteiger partial charge < -0.3 is 4.90 Å². The highest BCUT2D eigenvalue weighted by molar-refractivity contribution is 5.82. The monoisotopic (exact) mass is 633 g/mol. The lowest BCUT2D eigenvalue weighted by Gasteiger charge is -2.27. The van der Waals surface area contributed by atoms with E-state index in [-0.39, 0.29) is 5.41 Å². The van der Waals surface area contributed by atoms with Crippen molar-refractivity contribution in [3.63, 3.8) is 0 Å². The summed E-state index contributed by atoms with van der Waals surface area (Å²) in [7, 11) is 0. The Hall–Kier alpha value is -5.66. The van der Waals surface area contributed by atoms with E-state index in [4.69, 9.17) is 0 Å². The van der Waals surface area contributed by atoms with Crippen LogP contribution in [0, 0.1) is 13.8 Å². The van der Waals surface area contributed by atoms with Gasteiger partial charge in [0.1, 0.15) is 0 Å². The molecule has 0 fully saturated rings. The van der Waals surface area contributed by atoms with E-state index in [1.54, 1.807) is 0 Å². The molecule has 0 bridgehead atoms. The van der Waals surface area contributed by atoms with E-state index >= 15 is 0 Å². The fourth-order valence-corrected chi connectivity index (χ4v) is 6.83. The Morgan fingerprint density at radius 3 is 1.35 bits per heavy atom. The highest BCUT2D eigenvalue weighted by Crippen LogP contribution is 2.40. The third-order valence-electron chi connectivity index (χ3n) is 9.54. The van der Waals surface area contributed by atoms with Crippen molar-refractivity contribution in [2.24, 2.45) is 0 Å². The van der Waals surface area contributed by atoms with E-state index in [1.807, 2.05) is 0 Å². The summed E-state index contributed by atoms with van der Waals surface area (Å²) in [6, 6.07) is 61.7. The molecule has 0 unspecified atom stereocenters. The van der Waals surface area contributed by atoms with Gasteiger partial charge in [-0.1, -0.05) is 148 Å². The van der Waals surface area contributed by atoms with Crippen molar-refractivity contribution in [1.29, 1.82) is 0 Å². The van der Waals surface area contributed by atoms with Gasteiger partial charge >= 0.3 is 0 Å². The summed E-state index contributed by atoms with van der Waals surface area (Å²) in [5, 5.41) is 0. The van der Waals surface area contributed by atoms with E-state index in [0.717, 1.165) is 17.1 Å². The third-order valence-corrected chi connectivity index (χ3v) is 9.54. The fourth-order valence-electron chi connectivity index (χ4n) is 6.83. The van der Waals surface area contributed by atoms with Gasteiger partial charge in [0.15, 0.2) is 0 Å². The van der Waals surface area contributed by atoms with Gasteiger partial charge in [0, 0.05) is 17.1 Å². The predicted octanol–water partition coefficient (Wildman–Crippen LogP) is 13.7. The lowest BCUT2D eigenvalue weighted by molar-refractivity contribution is 0.592. The van der Waals surface area contributed by atoms with Crippen molar-refractivity contribution in [2.75, 3.05) is 4.90 Å². The average Bonchev–Trinajstić information content (AvgIpc) is 3.13. The molecule has 0 aliphatic rings. The van der Waals surface area contributed by atoms with Gasteiger partial charge in [-0.15, -0.1) is 0 Å². The summed E-state index contributed by atoms with van der Waals surface area (Å²) in [5.41, 5.74) is 17.3. The molecule has 240 valence electrons. The zero-order valence-electron chi connectivity index (χ0n) is 29.1. The van der Waals surface area contributed by atoms with E-state index in [1.165, 1.54) is 61.2 Å². The van der Waals surface area contributed by atoms with Crippen LogP contribution in [0.4, 0.5) is 17.1 Å². The molecule has 0 aromatic heterocycles. The second kappa shape index (κ2) is 13.5. The normalized spacial score (nSPS) is 11.4. The smallest absolute Gasteiger partial charge is 0.0462 e. The lowest BCUT2D eigenvalue weighted by atomic mass is 9.82. The van der Waals surface area contributed by atoms with Crippen LogP contribution < -0.4 is 4.90 Å². The number of rotatable bonds is 7. The molecule has 7 rings (SSSR count). The Morgan fingerprint density at radius 1 is 0.347 bits per heavy atom. The summed E-state index contributed by atoms with van der Waals surface area (Å²) >= 11 is 0. The highest BCUT2D eigenvalue weighted by atomic mass is 15.1. The molecule has 1 nitrogen and oxygen atoms in total. The fraction of sp³-hybridized carbons (Fsp3) is 0.125. The van der Waals surface area contributed by atoms with Gasteiger partial charge in [-0.2, -0.15) is 0 Å². The molecule has 0 spiro atoms. The first-order valence-electron chi connectivity index (χ1n) is 17.2. The minimum Gasteiger partial charge on any atom is -0.311 e. The van der Waals surface area contributed by atoms with Crippen LogP contribution in [0.5, 0.6) is 0 Å². The first-order valence-corrected chi connectivity index (χ1v) is 17.2. The second-order valence-corrected chi connectivity index (χ2v) is 14.0. The van der Waals surface area contributed by atoms with Crippen LogP contribution in [0.15, 0.2) is 170 Å². The van der Waals surface area contributed by atoms with E-state index < -0.39 is 0 Å². The van der Waals surface area contributed by atoms with Crippen molar-refractivity contribution >= 4 is 17.1 Å². The molecule has 0 heterocycles. The summed E-state index contributed by atoms with van der Waals surface area (Å²) in [6.45, 7) is 11.2. The number of anilines is 3. The summed E-state index contributed by atoms with van der Waals surface area (Å²) < 4.78 is 0. The zero-order valence-corrected chi connectivity index (χ0v) is 29.1. The highest BCUT2D eigenvalue weighted by Gasteiger charge is 2.19.